The Bertz CT molecular complexity index is 747. The standard InChI is InChI=1S/C24H35N3O3/c1-4-17(2)22(25-21(28)13-10-19-8-6-5-7-9-19)24(30)26-14-15-27(18(3)16-26)23(29)20-11-12-20/h5-9,17-18,20,22H,4,10-16H2,1-3H3,(H,25,28). The van der Waals surface area contributed by atoms with Crippen molar-refractivity contribution < 1.29 is 14.4 Å². The number of hydrogen-bond donors (Lipinski definition) is 1. The SMILES string of the molecule is CCC(C)C(NC(=O)CCc1ccccc1)C(=O)N1CCN(C(=O)C2CC2)C(C)C1. The fourth-order valence-corrected chi connectivity index (χ4v) is 4.08. The van der Waals surface area contributed by atoms with Gasteiger partial charge in [0.15, 0.2) is 0 Å². The second kappa shape index (κ2) is 10.1. The minimum atomic E-state index is -0.517. The lowest BCUT2D eigenvalue weighted by atomic mass is 9.96. The summed E-state index contributed by atoms with van der Waals surface area (Å²) in [4.78, 5) is 42.1. The van der Waals surface area contributed by atoms with Crippen molar-refractivity contribution in [3.05, 3.63) is 35.9 Å². The molecule has 0 aromatic heterocycles. The average Bonchev–Trinajstić information content (AvgIpc) is 3.60. The van der Waals surface area contributed by atoms with Gasteiger partial charge in [-0.3, -0.25) is 14.4 Å². The molecular weight excluding hydrogens is 378 g/mol. The number of aryl methyl sites for hydroxylation is 1. The number of nitrogens with zero attached hydrogens (tertiary/aromatic N) is 2. The molecule has 3 unspecified atom stereocenters. The van der Waals surface area contributed by atoms with Crippen molar-refractivity contribution in [1.29, 1.82) is 0 Å². The van der Waals surface area contributed by atoms with Crippen LogP contribution in [0.15, 0.2) is 30.3 Å². The molecule has 1 saturated carbocycles. The van der Waals surface area contributed by atoms with Crippen LogP contribution in [-0.2, 0) is 20.8 Å². The minimum absolute atomic E-state index is 0.0159. The average molecular weight is 414 g/mol. The third-order valence-electron chi connectivity index (χ3n) is 6.43. The van der Waals surface area contributed by atoms with Gasteiger partial charge in [0.25, 0.3) is 0 Å². The van der Waals surface area contributed by atoms with Crippen molar-refractivity contribution in [3.63, 3.8) is 0 Å². The van der Waals surface area contributed by atoms with Gasteiger partial charge in [0.2, 0.25) is 17.7 Å². The highest BCUT2D eigenvalue weighted by atomic mass is 16.2. The van der Waals surface area contributed by atoms with Gasteiger partial charge in [-0.2, -0.15) is 0 Å². The molecule has 1 heterocycles. The van der Waals surface area contributed by atoms with Crippen molar-refractivity contribution in [2.75, 3.05) is 19.6 Å². The topological polar surface area (TPSA) is 69.7 Å². The first-order chi connectivity index (χ1) is 14.4. The molecule has 3 rings (SSSR count). The lowest BCUT2D eigenvalue weighted by Gasteiger charge is -2.41. The molecule has 1 aromatic rings. The summed E-state index contributed by atoms with van der Waals surface area (Å²) in [5.41, 5.74) is 1.12. The van der Waals surface area contributed by atoms with E-state index in [-0.39, 0.29) is 35.6 Å². The summed E-state index contributed by atoms with van der Waals surface area (Å²) in [7, 11) is 0. The van der Waals surface area contributed by atoms with E-state index in [1.165, 1.54) is 0 Å². The first kappa shape index (κ1) is 22.3. The van der Waals surface area contributed by atoms with Crippen LogP contribution in [0.2, 0.25) is 0 Å². The molecule has 1 saturated heterocycles. The summed E-state index contributed by atoms with van der Waals surface area (Å²) in [6.45, 7) is 7.71. The molecule has 6 nitrogen and oxygen atoms in total. The number of benzene rings is 1. The third kappa shape index (κ3) is 5.61. The number of nitrogens with one attached hydrogen (secondary N) is 1. The van der Waals surface area contributed by atoms with Gasteiger partial charge in [0.1, 0.15) is 6.04 Å². The van der Waals surface area contributed by atoms with Crippen LogP contribution in [0.4, 0.5) is 0 Å². The molecule has 0 spiro atoms. The number of carbonyl (C=O) groups excluding carboxylic acids is 3. The fourth-order valence-electron chi connectivity index (χ4n) is 4.08. The highest BCUT2D eigenvalue weighted by molar-refractivity contribution is 5.88. The van der Waals surface area contributed by atoms with E-state index in [0.29, 0.717) is 32.5 Å². The van der Waals surface area contributed by atoms with E-state index < -0.39 is 6.04 Å². The van der Waals surface area contributed by atoms with E-state index in [1.54, 1.807) is 0 Å². The van der Waals surface area contributed by atoms with E-state index in [0.717, 1.165) is 24.8 Å². The number of hydrogen-bond acceptors (Lipinski definition) is 3. The zero-order chi connectivity index (χ0) is 21.7. The molecule has 2 fully saturated rings. The quantitative estimate of drug-likeness (QED) is 0.712. The van der Waals surface area contributed by atoms with Gasteiger partial charge in [0, 0.05) is 38.0 Å². The van der Waals surface area contributed by atoms with E-state index in [2.05, 4.69) is 5.32 Å². The largest absolute Gasteiger partial charge is 0.344 e. The van der Waals surface area contributed by atoms with Crippen LogP contribution >= 0.6 is 0 Å². The maximum atomic E-state index is 13.3. The van der Waals surface area contributed by atoms with Gasteiger partial charge in [-0.05, 0) is 37.7 Å². The van der Waals surface area contributed by atoms with Crippen molar-refractivity contribution >= 4 is 17.7 Å². The molecule has 0 radical (unpaired) electrons. The summed E-state index contributed by atoms with van der Waals surface area (Å²) in [6, 6.07) is 9.41. The third-order valence-corrected chi connectivity index (χ3v) is 6.43. The maximum absolute atomic E-state index is 13.3. The Labute approximate surface area is 180 Å². The monoisotopic (exact) mass is 413 g/mol. The van der Waals surface area contributed by atoms with Gasteiger partial charge in [-0.1, -0.05) is 50.6 Å². The van der Waals surface area contributed by atoms with E-state index in [4.69, 9.17) is 0 Å². The van der Waals surface area contributed by atoms with Crippen LogP contribution in [0, 0.1) is 11.8 Å². The smallest absolute Gasteiger partial charge is 0.245 e. The molecule has 2 aliphatic rings. The summed E-state index contributed by atoms with van der Waals surface area (Å²) in [5.74, 6) is 0.379. The zero-order valence-electron chi connectivity index (χ0n) is 18.5. The van der Waals surface area contributed by atoms with Crippen molar-refractivity contribution in [2.45, 2.75) is 65.0 Å². The molecule has 1 aliphatic heterocycles. The van der Waals surface area contributed by atoms with Gasteiger partial charge in [-0.15, -0.1) is 0 Å². The summed E-state index contributed by atoms with van der Waals surface area (Å²) in [5, 5.41) is 3.00. The van der Waals surface area contributed by atoms with Crippen molar-refractivity contribution in [2.24, 2.45) is 11.8 Å². The molecule has 1 N–H and O–H groups in total. The number of amides is 3. The van der Waals surface area contributed by atoms with Gasteiger partial charge < -0.3 is 15.1 Å². The van der Waals surface area contributed by atoms with Crippen molar-refractivity contribution in [1.82, 2.24) is 15.1 Å². The normalized spacial score (nSPS) is 21.1. The summed E-state index contributed by atoms with van der Waals surface area (Å²) < 4.78 is 0. The van der Waals surface area contributed by atoms with Crippen LogP contribution in [-0.4, -0.2) is 59.2 Å². The Balaban J connectivity index is 1.57. The van der Waals surface area contributed by atoms with Gasteiger partial charge in [0.05, 0.1) is 0 Å². The maximum Gasteiger partial charge on any atom is 0.245 e. The molecule has 1 aromatic carbocycles. The highest BCUT2D eigenvalue weighted by Crippen LogP contribution is 2.32. The van der Waals surface area contributed by atoms with Crippen LogP contribution in [0.5, 0.6) is 0 Å². The Kier molecular flexibility index (Phi) is 7.51. The Morgan fingerprint density at radius 2 is 1.83 bits per heavy atom. The lowest BCUT2D eigenvalue weighted by molar-refractivity contribution is -0.146. The van der Waals surface area contributed by atoms with Gasteiger partial charge >= 0.3 is 0 Å². The molecular formula is C24H35N3O3. The Morgan fingerprint density at radius 1 is 1.13 bits per heavy atom. The van der Waals surface area contributed by atoms with E-state index >= 15 is 0 Å². The Morgan fingerprint density at radius 3 is 2.43 bits per heavy atom. The summed E-state index contributed by atoms with van der Waals surface area (Å²) >= 11 is 0. The molecule has 3 atom stereocenters. The van der Waals surface area contributed by atoms with Crippen LogP contribution in [0.25, 0.3) is 0 Å². The van der Waals surface area contributed by atoms with Crippen LogP contribution < -0.4 is 5.32 Å². The minimum Gasteiger partial charge on any atom is -0.344 e. The van der Waals surface area contributed by atoms with Gasteiger partial charge in [-0.25, -0.2) is 0 Å². The van der Waals surface area contributed by atoms with E-state index in [1.807, 2.05) is 60.9 Å². The predicted octanol–water partition coefficient (Wildman–Crippen LogP) is 2.62. The first-order valence-electron chi connectivity index (χ1n) is 11.3. The van der Waals surface area contributed by atoms with E-state index in [9.17, 15) is 14.4 Å². The number of carbonyl (C=O) groups is 3. The Hall–Kier alpha value is -2.37. The molecule has 0 bridgehead atoms. The van der Waals surface area contributed by atoms with Crippen LogP contribution in [0.3, 0.4) is 0 Å². The first-order valence-corrected chi connectivity index (χ1v) is 11.3. The lowest BCUT2D eigenvalue weighted by Crippen LogP contribution is -2.60. The molecule has 6 heteroatoms. The second-order valence-corrected chi connectivity index (χ2v) is 8.86. The predicted molar refractivity (Wildman–Crippen MR) is 117 cm³/mol. The zero-order valence-corrected chi connectivity index (χ0v) is 18.5. The summed E-state index contributed by atoms with van der Waals surface area (Å²) in [6.07, 6.45) is 3.83. The highest BCUT2D eigenvalue weighted by Gasteiger charge is 2.39. The molecule has 30 heavy (non-hydrogen) atoms. The molecule has 164 valence electrons. The fraction of sp³-hybridized carbons (Fsp3) is 0.625. The van der Waals surface area contributed by atoms with Crippen LogP contribution in [0.1, 0.15) is 52.0 Å². The molecule has 3 amide bonds. The number of piperazine rings is 1. The number of rotatable bonds is 8. The second-order valence-electron chi connectivity index (χ2n) is 8.86. The van der Waals surface area contributed by atoms with Crippen molar-refractivity contribution in [3.8, 4) is 0 Å². The molecule has 1 aliphatic carbocycles.